The Labute approximate surface area is 179 Å². The van der Waals surface area contributed by atoms with Gasteiger partial charge in [-0.05, 0) is 43.9 Å². The van der Waals surface area contributed by atoms with Crippen LogP contribution in [0.2, 0.25) is 10.0 Å². The van der Waals surface area contributed by atoms with E-state index in [2.05, 4.69) is 39.1 Å². The molecule has 0 fully saturated rings. The van der Waals surface area contributed by atoms with Crippen molar-refractivity contribution < 1.29 is 4.39 Å². The molecule has 8 heteroatoms. The first-order chi connectivity index (χ1) is 13.9. The Balaban J connectivity index is 1.69. The molecule has 5 nitrogen and oxygen atoms in total. The zero-order chi connectivity index (χ0) is 20.7. The summed E-state index contributed by atoms with van der Waals surface area (Å²) in [6, 6.07) is 4.64. The molecule has 3 heterocycles. The molecule has 0 N–H and O–H groups in total. The zero-order valence-corrected chi connectivity index (χ0v) is 18.1. The molecular formula is C21H22Cl2FN5. The summed E-state index contributed by atoms with van der Waals surface area (Å²) in [7, 11) is 0. The molecule has 1 atom stereocenters. The lowest BCUT2D eigenvalue weighted by Gasteiger charge is -2.36. The molecule has 0 bridgehead atoms. The van der Waals surface area contributed by atoms with E-state index in [-0.39, 0.29) is 11.1 Å². The Kier molecular flexibility index (Phi) is 5.58. The largest absolute Gasteiger partial charge is 0.363 e. The van der Waals surface area contributed by atoms with E-state index in [4.69, 9.17) is 23.2 Å². The number of hydrogen-bond donors (Lipinski definition) is 0. The average molecular weight is 434 g/mol. The monoisotopic (exact) mass is 433 g/mol. The molecule has 0 spiro atoms. The van der Waals surface area contributed by atoms with Gasteiger partial charge in [0.2, 0.25) is 0 Å². The molecule has 0 aliphatic carbocycles. The number of benzene rings is 1. The fourth-order valence-corrected chi connectivity index (χ4v) is 4.51. The number of hydrogen-bond acceptors (Lipinski definition) is 5. The SMILES string of the molecule is CC(C)C1=NN=C(c2cc3c(nn2)CCCN3[C@H](C)c2c(Cl)ccc(F)c2Cl)C1. The van der Waals surface area contributed by atoms with Gasteiger partial charge in [-0.25, -0.2) is 4.39 Å². The van der Waals surface area contributed by atoms with Crippen molar-refractivity contribution in [3.05, 3.63) is 51.0 Å². The van der Waals surface area contributed by atoms with Gasteiger partial charge >= 0.3 is 0 Å². The van der Waals surface area contributed by atoms with Crippen molar-refractivity contribution >= 4 is 40.3 Å². The van der Waals surface area contributed by atoms with Crippen molar-refractivity contribution in [3.8, 4) is 0 Å². The maximum absolute atomic E-state index is 14.1. The van der Waals surface area contributed by atoms with Gasteiger partial charge in [0, 0.05) is 29.3 Å². The quantitative estimate of drug-likeness (QED) is 0.585. The minimum atomic E-state index is -0.470. The predicted octanol–water partition coefficient (Wildman–Crippen LogP) is 5.64. The highest BCUT2D eigenvalue weighted by atomic mass is 35.5. The molecule has 0 unspecified atom stereocenters. The third kappa shape index (κ3) is 3.76. The van der Waals surface area contributed by atoms with E-state index in [1.807, 2.05) is 13.0 Å². The fraction of sp³-hybridized carbons (Fsp3) is 0.429. The van der Waals surface area contributed by atoms with Gasteiger partial charge < -0.3 is 4.90 Å². The summed E-state index contributed by atoms with van der Waals surface area (Å²) in [5.74, 6) is -0.127. The van der Waals surface area contributed by atoms with Crippen molar-refractivity contribution in [1.82, 2.24) is 10.2 Å². The van der Waals surface area contributed by atoms with E-state index in [1.165, 1.54) is 6.07 Å². The lowest BCUT2D eigenvalue weighted by molar-refractivity contribution is 0.590. The molecule has 0 amide bonds. The highest BCUT2D eigenvalue weighted by molar-refractivity contribution is 6.36. The second-order valence-corrected chi connectivity index (χ2v) is 8.55. The van der Waals surface area contributed by atoms with Gasteiger partial charge in [-0.1, -0.05) is 37.0 Å². The third-order valence-electron chi connectivity index (χ3n) is 5.54. The molecule has 2 aliphatic rings. The molecule has 1 aromatic carbocycles. The van der Waals surface area contributed by atoms with Crippen LogP contribution >= 0.6 is 23.2 Å². The molecule has 1 aromatic heterocycles. The van der Waals surface area contributed by atoms with Crippen LogP contribution in [0.3, 0.4) is 0 Å². The van der Waals surface area contributed by atoms with Crippen molar-refractivity contribution in [3.63, 3.8) is 0 Å². The molecule has 4 rings (SSSR count). The van der Waals surface area contributed by atoms with Crippen LogP contribution in [0.1, 0.15) is 56.6 Å². The third-order valence-corrected chi connectivity index (χ3v) is 6.26. The minimum Gasteiger partial charge on any atom is -0.363 e. The lowest BCUT2D eigenvalue weighted by Crippen LogP contribution is -2.33. The molecule has 29 heavy (non-hydrogen) atoms. The summed E-state index contributed by atoms with van der Waals surface area (Å²) >= 11 is 12.7. The second kappa shape index (κ2) is 8.00. The van der Waals surface area contributed by atoms with E-state index in [1.54, 1.807) is 6.07 Å². The summed E-state index contributed by atoms with van der Waals surface area (Å²) in [6.07, 6.45) is 2.45. The van der Waals surface area contributed by atoms with E-state index in [0.717, 1.165) is 47.9 Å². The smallest absolute Gasteiger partial charge is 0.142 e. The normalized spacial score (nSPS) is 17.3. The zero-order valence-electron chi connectivity index (χ0n) is 16.6. The summed E-state index contributed by atoms with van der Waals surface area (Å²) in [5, 5.41) is 18.0. The standard InChI is InChI=1S/C21H22Cl2FN5/c1-11(2)16-9-17(27-26-16)18-10-19-15(25-28-18)5-4-8-29(19)12(3)20-13(22)6-7-14(24)21(20)23/h6-7,10-12H,4-5,8-9H2,1-3H3/t12-/m1/s1. The molecule has 2 aliphatic heterocycles. The van der Waals surface area contributed by atoms with Gasteiger partial charge in [-0.3, -0.25) is 0 Å². The van der Waals surface area contributed by atoms with Crippen LogP contribution in [0, 0.1) is 11.7 Å². The minimum absolute atomic E-state index is 0.0644. The van der Waals surface area contributed by atoms with Crippen LogP contribution in [0.4, 0.5) is 10.1 Å². The van der Waals surface area contributed by atoms with Gasteiger partial charge in [-0.2, -0.15) is 15.3 Å². The number of halogens is 3. The highest BCUT2D eigenvalue weighted by Gasteiger charge is 2.29. The molecule has 2 aromatic rings. The number of anilines is 1. The summed E-state index contributed by atoms with van der Waals surface area (Å²) in [6.45, 7) is 6.98. The summed E-state index contributed by atoms with van der Waals surface area (Å²) in [4.78, 5) is 2.17. The van der Waals surface area contributed by atoms with E-state index in [0.29, 0.717) is 22.9 Å². The first kappa shape index (κ1) is 20.2. The van der Waals surface area contributed by atoms with Crippen LogP contribution in [0.15, 0.2) is 28.4 Å². The van der Waals surface area contributed by atoms with Gasteiger partial charge in [0.15, 0.2) is 0 Å². The molecular weight excluding hydrogens is 412 g/mol. The van der Waals surface area contributed by atoms with Crippen LogP contribution in [-0.2, 0) is 6.42 Å². The Bertz CT molecular complexity index is 1020. The number of aromatic nitrogens is 2. The highest BCUT2D eigenvalue weighted by Crippen LogP contribution is 2.39. The van der Waals surface area contributed by atoms with Gasteiger partial charge in [-0.15, -0.1) is 5.10 Å². The van der Waals surface area contributed by atoms with Gasteiger partial charge in [0.1, 0.15) is 11.5 Å². The fourth-order valence-electron chi connectivity index (χ4n) is 3.82. The number of aryl methyl sites for hydroxylation is 1. The second-order valence-electron chi connectivity index (χ2n) is 7.76. The Morgan fingerprint density at radius 2 is 1.90 bits per heavy atom. The number of nitrogens with zero attached hydrogens (tertiary/aromatic N) is 5. The van der Waals surface area contributed by atoms with Crippen molar-refractivity contribution in [2.24, 2.45) is 16.1 Å². The maximum atomic E-state index is 14.1. The van der Waals surface area contributed by atoms with Crippen LogP contribution in [-0.4, -0.2) is 28.2 Å². The van der Waals surface area contributed by atoms with Crippen molar-refractivity contribution in [2.75, 3.05) is 11.4 Å². The first-order valence-electron chi connectivity index (χ1n) is 9.77. The molecule has 0 saturated heterocycles. The molecule has 0 saturated carbocycles. The molecule has 152 valence electrons. The molecule has 0 radical (unpaired) electrons. The summed E-state index contributed by atoms with van der Waals surface area (Å²) < 4.78 is 14.1. The Morgan fingerprint density at radius 3 is 2.62 bits per heavy atom. The van der Waals surface area contributed by atoms with E-state index >= 15 is 0 Å². The Morgan fingerprint density at radius 1 is 1.10 bits per heavy atom. The van der Waals surface area contributed by atoms with Crippen LogP contribution in [0.25, 0.3) is 0 Å². The average Bonchev–Trinajstić information content (AvgIpc) is 3.21. The van der Waals surface area contributed by atoms with E-state index < -0.39 is 5.82 Å². The maximum Gasteiger partial charge on any atom is 0.142 e. The predicted molar refractivity (Wildman–Crippen MR) is 116 cm³/mol. The van der Waals surface area contributed by atoms with Crippen molar-refractivity contribution in [2.45, 2.75) is 46.1 Å². The van der Waals surface area contributed by atoms with Crippen molar-refractivity contribution in [1.29, 1.82) is 0 Å². The van der Waals surface area contributed by atoms with Crippen LogP contribution < -0.4 is 4.90 Å². The van der Waals surface area contributed by atoms with Gasteiger partial charge in [0.05, 0.1) is 28.2 Å². The lowest BCUT2D eigenvalue weighted by atomic mass is 9.99. The van der Waals surface area contributed by atoms with Crippen LogP contribution in [0.5, 0.6) is 0 Å². The Hall–Kier alpha value is -2.05. The topological polar surface area (TPSA) is 53.7 Å². The van der Waals surface area contributed by atoms with Gasteiger partial charge in [0.25, 0.3) is 0 Å². The summed E-state index contributed by atoms with van der Waals surface area (Å²) in [5.41, 5.74) is 5.05. The number of rotatable bonds is 4. The number of fused-ring (bicyclic) bond motifs is 1. The first-order valence-corrected chi connectivity index (χ1v) is 10.5. The van der Waals surface area contributed by atoms with E-state index in [9.17, 15) is 4.39 Å².